The molecule has 11 heteroatoms. The van der Waals surface area contributed by atoms with Crippen molar-refractivity contribution in [1.29, 1.82) is 0 Å². The van der Waals surface area contributed by atoms with Crippen LogP contribution >= 0.6 is 11.8 Å². The van der Waals surface area contributed by atoms with E-state index in [1.54, 1.807) is 42.5 Å². The van der Waals surface area contributed by atoms with Crippen LogP contribution in [0.2, 0.25) is 0 Å². The maximum atomic E-state index is 12.7. The second-order valence-corrected chi connectivity index (χ2v) is 9.75. The molecule has 0 aliphatic rings. The maximum Gasteiger partial charge on any atom is 0.387 e. The van der Waals surface area contributed by atoms with Crippen molar-refractivity contribution in [3.05, 3.63) is 72.2 Å². The summed E-state index contributed by atoms with van der Waals surface area (Å²) in [6.07, 6.45) is 5.20. The summed E-state index contributed by atoms with van der Waals surface area (Å²) in [5.41, 5.74) is 4.57. The Balaban J connectivity index is 1.50. The molecule has 0 unspecified atom stereocenters. The first-order valence-corrected chi connectivity index (χ1v) is 13.3. The van der Waals surface area contributed by atoms with Crippen molar-refractivity contribution in [1.82, 2.24) is 25.0 Å². The van der Waals surface area contributed by atoms with Crippen molar-refractivity contribution in [2.24, 2.45) is 0 Å². The Labute approximate surface area is 224 Å². The Hall–Kier alpha value is -3.70. The molecule has 0 aliphatic carbocycles. The highest BCUT2D eigenvalue weighted by atomic mass is 32.2. The van der Waals surface area contributed by atoms with Crippen LogP contribution in [-0.4, -0.2) is 65.6 Å². The number of fused-ring (bicyclic) bond motifs is 1. The number of thioether (sulfide) groups is 1. The van der Waals surface area contributed by atoms with Gasteiger partial charge in [0.05, 0.1) is 11.9 Å². The zero-order valence-corrected chi connectivity index (χ0v) is 22.3. The Bertz CT molecular complexity index is 1380. The number of hydrogen-bond acceptors (Lipinski definition) is 7. The third-order valence-electron chi connectivity index (χ3n) is 5.97. The van der Waals surface area contributed by atoms with E-state index in [9.17, 15) is 13.6 Å². The number of hydrogen-bond donors (Lipinski definition) is 2. The van der Waals surface area contributed by atoms with E-state index in [4.69, 9.17) is 0 Å². The molecule has 2 aromatic heterocycles. The van der Waals surface area contributed by atoms with Crippen molar-refractivity contribution < 1.29 is 18.3 Å². The predicted molar refractivity (Wildman–Crippen MR) is 148 cm³/mol. The number of imidazole rings is 1. The summed E-state index contributed by atoms with van der Waals surface area (Å²) in [6.45, 7) is 0.605. The average Bonchev–Trinajstić information content (AvgIpc) is 3.34. The van der Waals surface area contributed by atoms with Crippen LogP contribution in [-0.2, 0) is 0 Å². The topological polar surface area (TPSA) is 83.8 Å². The predicted octanol–water partition coefficient (Wildman–Crippen LogP) is 4.76. The number of anilines is 2. The number of alkyl halides is 2. The van der Waals surface area contributed by atoms with E-state index in [2.05, 4.69) is 25.3 Å². The molecule has 0 radical (unpaired) electrons. The number of ether oxygens (including phenoxy) is 1. The second-order valence-electron chi connectivity index (χ2n) is 8.52. The van der Waals surface area contributed by atoms with Crippen molar-refractivity contribution in [2.75, 3.05) is 43.6 Å². The molecule has 2 heterocycles. The lowest BCUT2D eigenvalue weighted by Gasteiger charge is -2.20. The quantitative estimate of drug-likeness (QED) is 0.251. The Morgan fingerprint density at radius 1 is 1.13 bits per heavy atom. The van der Waals surface area contributed by atoms with E-state index in [1.165, 1.54) is 12.1 Å². The van der Waals surface area contributed by atoms with Crippen LogP contribution in [0.4, 0.5) is 20.3 Å². The molecule has 2 N–H and O–H groups in total. The van der Waals surface area contributed by atoms with Crippen molar-refractivity contribution in [3.8, 4) is 17.0 Å². The number of carbonyl (C=O) groups is 1. The minimum absolute atomic E-state index is 0.0889. The van der Waals surface area contributed by atoms with Crippen molar-refractivity contribution >= 4 is 34.8 Å². The number of amides is 1. The summed E-state index contributed by atoms with van der Waals surface area (Å²) >= 11 is 1.80. The van der Waals surface area contributed by atoms with Crippen molar-refractivity contribution in [2.45, 2.75) is 13.5 Å². The van der Waals surface area contributed by atoms with Gasteiger partial charge in [-0.25, -0.2) is 9.97 Å². The number of rotatable bonds is 12. The van der Waals surface area contributed by atoms with E-state index in [1.807, 2.05) is 48.5 Å². The number of aromatic nitrogens is 3. The van der Waals surface area contributed by atoms with Gasteiger partial charge in [0.15, 0.2) is 11.5 Å². The molecule has 200 valence electrons. The number of aryl methyl sites for hydroxylation is 1. The fraction of sp³-hybridized carbons (Fsp3) is 0.296. The molecule has 0 saturated carbocycles. The van der Waals surface area contributed by atoms with Gasteiger partial charge in [-0.3, -0.25) is 9.20 Å². The minimum atomic E-state index is -2.87. The summed E-state index contributed by atoms with van der Waals surface area (Å²) in [7, 11) is 3.82. The van der Waals surface area contributed by atoms with Crippen LogP contribution < -0.4 is 20.3 Å². The molecule has 1 amide bonds. The van der Waals surface area contributed by atoms with Crippen LogP contribution in [0.1, 0.15) is 15.9 Å². The molecule has 2 aromatic carbocycles. The largest absolute Gasteiger partial charge is 0.435 e. The Morgan fingerprint density at radius 2 is 1.89 bits per heavy atom. The third kappa shape index (κ3) is 6.40. The second kappa shape index (κ2) is 12.7. The summed E-state index contributed by atoms with van der Waals surface area (Å²) in [5.74, 6) is 2.51. The minimum Gasteiger partial charge on any atom is -0.435 e. The first-order valence-electron chi connectivity index (χ1n) is 12.1. The van der Waals surface area contributed by atoms with Gasteiger partial charge in [-0.15, -0.1) is 0 Å². The normalized spacial score (nSPS) is 11.2. The van der Waals surface area contributed by atoms with Crippen molar-refractivity contribution in [3.63, 3.8) is 0 Å². The highest BCUT2D eigenvalue weighted by molar-refractivity contribution is 7.99. The number of benzene rings is 2. The van der Waals surface area contributed by atoms with Gasteiger partial charge in [0.1, 0.15) is 5.75 Å². The lowest BCUT2D eigenvalue weighted by Crippen LogP contribution is -2.27. The van der Waals surface area contributed by atoms with Crippen LogP contribution in [0.5, 0.6) is 5.75 Å². The summed E-state index contributed by atoms with van der Waals surface area (Å²) in [6, 6.07) is 12.1. The highest BCUT2D eigenvalue weighted by Gasteiger charge is 2.17. The van der Waals surface area contributed by atoms with Gasteiger partial charge in [-0.1, -0.05) is 0 Å². The molecule has 4 aromatic rings. The highest BCUT2D eigenvalue weighted by Crippen LogP contribution is 2.30. The number of carbonyl (C=O) groups excluding carboxylic acids is 1. The first-order chi connectivity index (χ1) is 18.4. The van der Waals surface area contributed by atoms with E-state index in [0.717, 1.165) is 40.6 Å². The van der Waals surface area contributed by atoms with E-state index >= 15 is 0 Å². The van der Waals surface area contributed by atoms with Crippen LogP contribution in [0.25, 0.3) is 16.9 Å². The van der Waals surface area contributed by atoms with E-state index in [-0.39, 0.29) is 11.7 Å². The van der Waals surface area contributed by atoms with Gasteiger partial charge < -0.3 is 20.3 Å². The smallest absolute Gasteiger partial charge is 0.387 e. The summed E-state index contributed by atoms with van der Waals surface area (Å²) in [4.78, 5) is 23.7. The number of nitrogens with zero attached hydrogens (tertiary/aromatic N) is 4. The maximum absolute atomic E-state index is 12.7. The van der Waals surface area contributed by atoms with E-state index < -0.39 is 6.61 Å². The standard InChI is InChI=1S/C27H30F2N6O2S/c1-18-16-20(6-9-22(18)26(36)32-12-15-38-14-11-30-2)34(3)24-25-33-17-23(35(25)13-10-31-24)19-4-7-21(8-5-19)37-27(28)29/h4-10,13,16-17,27,30H,11-12,14-15H2,1-3H3,(H,32,36). The Morgan fingerprint density at radius 3 is 2.61 bits per heavy atom. The molecule has 4 rings (SSSR count). The zero-order valence-electron chi connectivity index (χ0n) is 21.4. The molecule has 38 heavy (non-hydrogen) atoms. The van der Waals surface area contributed by atoms with Gasteiger partial charge in [0.25, 0.3) is 5.91 Å². The number of nitrogens with one attached hydrogen (secondary N) is 2. The SMILES string of the molecule is CNCCSCCNC(=O)c1ccc(N(C)c2nccn3c(-c4ccc(OC(F)F)cc4)cnc23)cc1C. The first kappa shape index (κ1) is 27.3. The molecule has 0 atom stereocenters. The molecule has 0 saturated heterocycles. The third-order valence-corrected chi connectivity index (χ3v) is 6.96. The van der Waals surface area contributed by atoms with Crippen LogP contribution in [0.15, 0.2) is 61.1 Å². The monoisotopic (exact) mass is 540 g/mol. The Kier molecular flexibility index (Phi) is 9.14. The average molecular weight is 541 g/mol. The van der Waals surface area contributed by atoms with Gasteiger partial charge in [0, 0.05) is 60.9 Å². The van der Waals surface area contributed by atoms with Gasteiger partial charge in [-0.2, -0.15) is 20.5 Å². The molecule has 0 bridgehead atoms. The van der Waals surface area contributed by atoms with Crippen LogP contribution in [0.3, 0.4) is 0 Å². The lowest BCUT2D eigenvalue weighted by atomic mass is 10.1. The molecule has 0 spiro atoms. The molecular weight excluding hydrogens is 510 g/mol. The number of halogens is 2. The molecule has 0 aliphatic heterocycles. The summed E-state index contributed by atoms with van der Waals surface area (Å²) < 4.78 is 31.3. The molecule has 0 fully saturated rings. The molecule has 8 nitrogen and oxygen atoms in total. The fourth-order valence-corrected chi connectivity index (χ4v) is 4.80. The fourth-order valence-electron chi connectivity index (χ4n) is 4.00. The van der Waals surface area contributed by atoms with Gasteiger partial charge in [-0.05, 0) is 62.0 Å². The lowest BCUT2D eigenvalue weighted by molar-refractivity contribution is -0.0498. The van der Waals surface area contributed by atoms with Gasteiger partial charge in [0.2, 0.25) is 0 Å². The van der Waals surface area contributed by atoms with Gasteiger partial charge >= 0.3 is 6.61 Å². The van der Waals surface area contributed by atoms with Crippen LogP contribution in [0, 0.1) is 6.92 Å². The molecular formula is C27H30F2N6O2S. The van der Waals surface area contributed by atoms with E-state index in [0.29, 0.717) is 23.6 Å². The zero-order chi connectivity index (χ0) is 27.1. The summed E-state index contributed by atoms with van der Waals surface area (Å²) in [5, 5.41) is 6.09.